The molecule has 0 amide bonds. The fraction of sp³-hybridized carbons (Fsp3) is 0.133. The first kappa shape index (κ1) is 11.4. The molecule has 0 unspecified atom stereocenters. The summed E-state index contributed by atoms with van der Waals surface area (Å²) in [5, 5.41) is 19.2. The molecule has 0 N–H and O–H groups in total. The molecule has 92 valence electrons. The van der Waals surface area contributed by atoms with E-state index in [0.717, 1.165) is 5.69 Å². The number of nitriles is 1. The molecule has 0 fully saturated rings. The molecule has 0 saturated heterocycles. The van der Waals surface area contributed by atoms with Crippen LogP contribution < -0.4 is 0 Å². The molecule has 1 heterocycles. The van der Waals surface area contributed by atoms with Gasteiger partial charge in [-0.1, -0.05) is 47.7 Å². The van der Waals surface area contributed by atoms with E-state index in [1.807, 2.05) is 31.2 Å². The highest BCUT2D eigenvalue weighted by Gasteiger charge is 2.09. The molecule has 4 heteroatoms. The van der Waals surface area contributed by atoms with Crippen LogP contribution >= 0.6 is 0 Å². The molecule has 0 aliphatic carbocycles. The minimum absolute atomic E-state index is 0.389. The highest BCUT2D eigenvalue weighted by Crippen LogP contribution is 2.19. The number of nitrogens with zero attached hydrogens (tertiary/aromatic N) is 4. The summed E-state index contributed by atoms with van der Waals surface area (Å²) in [5.74, 6) is 0. The number of rotatable bonds is 2. The number of benzene rings is 2. The third kappa shape index (κ3) is 1.95. The molecule has 2 aromatic carbocycles. The van der Waals surface area contributed by atoms with Crippen molar-refractivity contribution in [3.05, 3.63) is 59.4 Å². The second-order valence-electron chi connectivity index (χ2n) is 4.43. The molecule has 3 rings (SSSR count). The molecule has 0 spiro atoms. The van der Waals surface area contributed by atoms with Crippen LogP contribution in [-0.4, -0.2) is 15.0 Å². The maximum atomic E-state index is 8.90. The third-order valence-corrected chi connectivity index (χ3v) is 3.29. The fourth-order valence-corrected chi connectivity index (χ4v) is 2.21. The summed E-state index contributed by atoms with van der Waals surface area (Å²) >= 11 is 0. The quantitative estimate of drug-likeness (QED) is 0.700. The first-order valence-corrected chi connectivity index (χ1v) is 6.06. The van der Waals surface area contributed by atoms with Crippen LogP contribution in [0, 0.1) is 18.3 Å². The summed E-state index contributed by atoms with van der Waals surface area (Å²) in [4.78, 5) is 0. The molecule has 19 heavy (non-hydrogen) atoms. The first-order valence-electron chi connectivity index (χ1n) is 6.06. The molecule has 3 aromatic rings. The summed E-state index contributed by atoms with van der Waals surface area (Å²) in [6, 6.07) is 16.5. The molecule has 0 saturated carbocycles. The number of aromatic nitrogens is 3. The van der Waals surface area contributed by atoms with Crippen LogP contribution in [0.25, 0.3) is 10.8 Å². The van der Waals surface area contributed by atoms with Crippen molar-refractivity contribution in [1.82, 2.24) is 15.0 Å². The van der Waals surface area contributed by atoms with Gasteiger partial charge in [0.05, 0.1) is 12.2 Å². The van der Waals surface area contributed by atoms with Gasteiger partial charge in [0.2, 0.25) is 0 Å². The molecule has 0 aliphatic rings. The Bertz CT molecular complexity index is 775. The highest BCUT2D eigenvalue weighted by atomic mass is 15.4. The van der Waals surface area contributed by atoms with Gasteiger partial charge >= 0.3 is 0 Å². The monoisotopic (exact) mass is 248 g/mol. The second kappa shape index (κ2) is 4.54. The summed E-state index contributed by atoms with van der Waals surface area (Å²) < 4.78 is 1.76. The Morgan fingerprint density at radius 1 is 1.16 bits per heavy atom. The van der Waals surface area contributed by atoms with Gasteiger partial charge in [0.15, 0.2) is 5.69 Å². The maximum Gasteiger partial charge on any atom is 0.185 e. The van der Waals surface area contributed by atoms with Crippen molar-refractivity contribution in [3.63, 3.8) is 0 Å². The largest absolute Gasteiger partial charge is 0.244 e. The number of hydrogen-bond donors (Lipinski definition) is 0. The lowest BCUT2D eigenvalue weighted by atomic mass is 10.0. The van der Waals surface area contributed by atoms with Gasteiger partial charge in [0, 0.05) is 0 Å². The summed E-state index contributed by atoms with van der Waals surface area (Å²) in [6.07, 6.45) is 0. The van der Waals surface area contributed by atoms with E-state index < -0.39 is 0 Å². The summed E-state index contributed by atoms with van der Waals surface area (Å²) in [5.41, 5.74) is 2.37. The van der Waals surface area contributed by atoms with Crippen LogP contribution in [0.4, 0.5) is 0 Å². The molecular formula is C15H12N4. The Morgan fingerprint density at radius 2 is 1.95 bits per heavy atom. The predicted octanol–water partition coefficient (Wildman–Crippen LogP) is 2.66. The van der Waals surface area contributed by atoms with Crippen LogP contribution in [0.5, 0.6) is 0 Å². The van der Waals surface area contributed by atoms with Crippen LogP contribution in [0.3, 0.4) is 0 Å². The van der Waals surface area contributed by atoms with Crippen LogP contribution in [0.15, 0.2) is 42.5 Å². The maximum absolute atomic E-state index is 8.90. The van der Waals surface area contributed by atoms with Gasteiger partial charge < -0.3 is 0 Å². The Labute approximate surface area is 110 Å². The van der Waals surface area contributed by atoms with Crippen LogP contribution in [0.2, 0.25) is 0 Å². The molecular weight excluding hydrogens is 236 g/mol. The fourth-order valence-electron chi connectivity index (χ4n) is 2.21. The number of fused-ring (bicyclic) bond motifs is 1. The normalized spacial score (nSPS) is 10.5. The van der Waals surface area contributed by atoms with Gasteiger partial charge in [-0.05, 0) is 23.3 Å². The van der Waals surface area contributed by atoms with Crippen LogP contribution in [-0.2, 0) is 6.54 Å². The van der Waals surface area contributed by atoms with Gasteiger partial charge in [-0.2, -0.15) is 5.26 Å². The molecule has 0 atom stereocenters. The molecule has 4 nitrogen and oxygen atoms in total. The standard InChI is InChI=1S/C15H12N4/c1-11-15(9-16)17-18-19(11)10-13-7-4-6-12-5-2-3-8-14(12)13/h2-8H,10H2,1H3. The molecule has 0 bridgehead atoms. The Balaban J connectivity index is 2.06. The summed E-state index contributed by atoms with van der Waals surface area (Å²) in [7, 11) is 0. The lowest BCUT2D eigenvalue weighted by Gasteiger charge is -2.07. The molecule has 1 aromatic heterocycles. The van der Waals surface area contributed by atoms with Crippen molar-refractivity contribution in [1.29, 1.82) is 5.26 Å². The van der Waals surface area contributed by atoms with Gasteiger partial charge in [-0.15, -0.1) is 5.10 Å². The van der Waals surface area contributed by atoms with Gasteiger partial charge in [-0.3, -0.25) is 0 Å². The van der Waals surface area contributed by atoms with Gasteiger partial charge in [0.25, 0.3) is 0 Å². The van der Waals surface area contributed by atoms with Crippen molar-refractivity contribution in [2.75, 3.05) is 0 Å². The molecule has 0 radical (unpaired) electrons. The van der Waals surface area contributed by atoms with Crippen molar-refractivity contribution in [3.8, 4) is 6.07 Å². The van der Waals surface area contributed by atoms with Crippen LogP contribution in [0.1, 0.15) is 17.0 Å². The van der Waals surface area contributed by atoms with E-state index in [-0.39, 0.29) is 0 Å². The lowest BCUT2D eigenvalue weighted by molar-refractivity contribution is 0.636. The Hall–Kier alpha value is -2.67. The minimum atomic E-state index is 0.389. The number of hydrogen-bond acceptors (Lipinski definition) is 3. The Morgan fingerprint density at radius 3 is 2.74 bits per heavy atom. The first-order chi connectivity index (χ1) is 9.29. The van der Waals surface area contributed by atoms with E-state index in [1.54, 1.807) is 4.68 Å². The Kier molecular flexibility index (Phi) is 2.73. The van der Waals surface area contributed by atoms with Gasteiger partial charge in [0.1, 0.15) is 6.07 Å². The van der Waals surface area contributed by atoms with E-state index in [2.05, 4.69) is 34.6 Å². The SMILES string of the molecule is Cc1c(C#N)nnn1Cc1cccc2ccccc12. The van der Waals surface area contributed by atoms with Crippen molar-refractivity contribution < 1.29 is 0 Å². The van der Waals surface area contributed by atoms with E-state index in [4.69, 9.17) is 5.26 Å². The topological polar surface area (TPSA) is 54.5 Å². The van der Waals surface area contributed by atoms with E-state index in [1.165, 1.54) is 16.3 Å². The smallest absolute Gasteiger partial charge is 0.185 e. The molecule has 0 aliphatic heterocycles. The zero-order chi connectivity index (χ0) is 13.2. The predicted molar refractivity (Wildman–Crippen MR) is 72.5 cm³/mol. The second-order valence-corrected chi connectivity index (χ2v) is 4.43. The van der Waals surface area contributed by atoms with E-state index in [0.29, 0.717) is 12.2 Å². The van der Waals surface area contributed by atoms with Crippen molar-refractivity contribution in [2.45, 2.75) is 13.5 Å². The zero-order valence-corrected chi connectivity index (χ0v) is 10.5. The zero-order valence-electron chi connectivity index (χ0n) is 10.5. The third-order valence-electron chi connectivity index (χ3n) is 3.29. The summed E-state index contributed by atoms with van der Waals surface area (Å²) in [6.45, 7) is 2.49. The average Bonchev–Trinajstić information content (AvgIpc) is 2.80. The van der Waals surface area contributed by atoms with Gasteiger partial charge in [-0.25, -0.2) is 4.68 Å². The average molecular weight is 248 g/mol. The van der Waals surface area contributed by atoms with Crippen molar-refractivity contribution in [2.24, 2.45) is 0 Å². The van der Waals surface area contributed by atoms with Crippen molar-refractivity contribution >= 4 is 10.8 Å². The minimum Gasteiger partial charge on any atom is -0.244 e. The van der Waals surface area contributed by atoms with E-state index >= 15 is 0 Å². The highest BCUT2D eigenvalue weighted by molar-refractivity contribution is 5.85. The van der Waals surface area contributed by atoms with E-state index in [9.17, 15) is 0 Å². The lowest BCUT2D eigenvalue weighted by Crippen LogP contribution is -2.04.